The molecule has 37 heavy (non-hydrogen) atoms. The van der Waals surface area contributed by atoms with Gasteiger partial charge in [0.1, 0.15) is 6.04 Å². The molecule has 1 N–H and O–H groups in total. The Morgan fingerprint density at radius 2 is 1.73 bits per heavy atom. The van der Waals surface area contributed by atoms with Crippen molar-refractivity contribution in [3.05, 3.63) is 63.6 Å². The fourth-order valence-corrected chi connectivity index (χ4v) is 5.92. The first-order chi connectivity index (χ1) is 17.5. The first-order valence-corrected chi connectivity index (χ1v) is 15.1. The lowest BCUT2D eigenvalue weighted by Gasteiger charge is -2.30. The number of carbonyl (C=O) groups excluding carboxylic acids is 2. The maximum Gasteiger partial charge on any atom is 0.242 e. The summed E-state index contributed by atoms with van der Waals surface area (Å²) in [5.41, 5.74) is 2.00. The molecule has 2 amide bonds. The van der Waals surface area contributed by atoms with Crippen LogP contribution in [0.25, 0.3) is 0 Å². The highest BCUT2D eigenvalue weighted by Gasteiger charge is 2.29. The molecule has 202 valence electrons. The third-order valence-electron chi connectivity index (χ3n) is 6.79. The summed E-state index contributed by atoms with van der Waals surface area (Å²) in [4.78, 5) is 28.0. The monoisotopic (exact) mass is 567 g/mol. The van der Waals surface area contributed by atoms with Gasteiger partial charge in [-0.2, -0.15) is 0 Å². The van der Waals surface area contributed by atoms with E-state index in [1.807, 2.05) is 12.1 Å². The van der Waals surface area contributed by atoms with Crippen LogP contribution in [0.15, 0.2) is 42.5 Å². The molecule has 1 fully saturated rings. The van der Waals surface area contributed by atoms with Gasteiger partial charge in [0.05, 0.1) is 11.9 Å². The molecule has 1 saturated carbocycles. The second-order valence-corrected chi connectivity index (χ2v) is 12.4. The van der Waals surface area contributed by atoms with Gasteiger partial charge in [-0.25, -0.2) is 8.42 Å². The minimum Gasteiger partial charge on any atom is -0.352 e. The predicted octanol–water partition coefficient (Wildman–Crippen LogP) is 5.32. The molecule has 1 aliphatic carbocycles. The second-order valence-electron chi connectivity index (χ2n) is 9.64. The molecule has 0 aliphatic heterocycles. The molecule has 2 aromatic carbocycles. The first kappa shape index (κ1) is 29.3. The van der Waals surface area contributed by atoms with Crippen LogP contribution in [0.3, 0.4) is 0 Å². The van der Waals surface area contributed by atoms with Gasteiger partial charge in [0.2, 0.25) is 21.8 Å². The minimum atomic E-state index is -3.60. The number of hydrogen-bond donors (Lipinski definition) is 1. The van der Waals surface area contributed by atoms with Crippen LogP contribution in [-0.2, 0) is 26.2 Å². The molecule has 10 heteroatoms. The normalized spacial score (nSPS) is 14.8. The van der Waals surface area contributed by atoms with E-state index in [2.05, 4.69) is 5.32 Å². The Hall–Kier alpha value is -2.29. The maximum atomic E-state index is 13.4. The molecule has 1 aliphatic rings. The summed E-state index contributed by atoms with van der Waals surface area (Å²) in [7, 11) is -3.60. The van der Waals surface area contributed by atoms with E-state index in [-0.39, 0.29) is 43.8 Å². The number of anilines is 1. The van der Waals surface area contributed by atoms with E-state index in [9.17, 15) is 18.0 Å². The van der Waals surface area contributed by atoms with Gasteiger partial charge in [0, 0.05) is 35.6 Å². The summed E-state index contributed by atoms with van der Waals surface area (Å²) in [6.45, 7) is 3.86. The SMILES string of the molecule is Cc1c(Cl)cccc1N(CCCC(=O)N(Cc1ccc(Cl)cc1)C(C)C(=O)NC1CCCC1)S(C)(=O)=O. The Balaban J connectivity index is 1.73. The fraction of sp³-hybridized carbons (Fsp3) is 0.481. The zero-order valence-electron chi connectivity index (χ0n) is 21.5. The highest BCUT2D eigenvalue weighted by molar-refractivity contribution is 7.92. The van der Waals surface area contributed by atoms with E-state index >= 15 is 0 Å². The standard InChI is InChI=1S/C27H35Cl2N3O4S/c1-19-24(29)10-6-11-25(19)32(37(3,35)36)17-7-12-26(33)31(18-21-13-15-22(28)16-14-21)20(2)27(34)30-23-8-4-5-9-23/h6,10-11,13-16,20,23H,4-5,7-9,12,17-18H2,1-3H3,(H,30,34). The fourth-order valence-electron chi connectivity index (χ4n) is 4.61. The van der Waals surface area contributed by atoms with Crippen molar-refractivity contribution in [3.63, 3.8) is 0 Å². The summed E-state index contributed by atoms with van der Waals surface area (Å²) >= 11 is 12.2. The lowest BCUT2D eigenvalue weighted by molar-refractivity contribution is -0.141. The van der Waals surface area contributed by atoms with Crippen molar-refractivity contribution in [2.45, 2.75) is 71.0 Å². The number of halogens is 2. The van der Waals surface area contributed by atoms with Crippen LogP contribution in [-0.4, -0.2) is 50.0 Å². The smallest absolute Gasteiger partial charge is 0.242 e. The Bertz CT molecular complexity index is 1200. The van der Waals surface area contributed by atoms with Crippen LogP contribution in [0.4, 0.5) is 5.69 Å². The summed E-state index contributed by atoms with van der Waals surface area (Å²) < 4.78 is 26.4. The lowest BCUT2D eigenvalue weighted by atomic mass is 10.1. The molecule has 0 heterocycles. The van der Waals surface area contributed by atoms with Crippen molar-refractivity contribution in [2.24, 2.45) is 0 Å². The van der Waals surface area contributed by atoms with Gasteiger partial charge in [-0.15, -0.1) is 0 Å². The lowest BCUT2D eigenvalue weighted by Crippen LogP contribution is -2.49. The van der Waals surface area contributed by atoms with E-state index in [4.69, 9.17) is 23.2 Å². The number of carbonyl (C=O) groups is 2. The number of rotatable bonds is 11. The van der Waals surface area contributed by atoms with Gasteiger partial charge in [-0.05, 0) is 68.5 Å². The first-order valence-electron chi connectivity index (χ1n) is 12.5. The Kier molecular flexibility index (Phi) is 10.3. The maximum absolute atomic E-state index is 13.4. The largest absolute Gasteiger partial charge is 0.352 e. The molecular weight excluding hydrogens is 533 g/mol. The summed E-state index contributed by atoms with van der Waals surface area (Å²) in [6.07, 6.45) is 5.59. The average molecular weight is 569 g/mol. The molecule has 2 aromatic rings. The zero-order valence-corrected chi connectivity index (χ0v) is 23.9. The van der Waals surface area contributed by atoms with E-state index in [0.717, 1.165) is 37.5 Å². The molecule has 3 rings (SSSR count). The second kappa shape index (κ2) is 13.0. The highest BCUT2D eigenvalue weighted by atomic mass is 35.5. The van der Waals surface area contributed by atoms with Gasteiger partial charge in [-0.3, -0.25) is 13.9 Å². The van der Waals surface area contributed by atoms with Crippen molar-refractivity contribution in [3.8, 4) is 0 Å². The number of sulfonamides is 1. The van der Waals surface area contributed by atoms with Gasteiger partial charge in [-0.1, -0.05) is 54.2 Å². The number of amides is 2. The highest BCUT2D eigenvalue weighted by Crippen LogP contribution is 2.28. The molecule has 1 unspecified atom stereocenters. The Morgan fingerprint density at radius 1 is 1.08 bits per heavy atom. The van der Waals surface area contributed by atoms with E-state index in [1.54, 1.807) is 49.1 Å². The number of hydrogen-bond acceptors (Lipinski definition) is 4. The van der Waals surface area contributed by atoms with Crippen LogP contribution in [0.5, 0.6) is 0 Å². The quantitative estimate of drug-likeness (QED) is 0.398. The van der Waals surface area contributed by atoms with Crippen molar-refractivity contribution in [2.75, 3.05) is 17.1 Å². The topological polar surface area (TPSA) is 86.8 Å². The molecule has 1 atom stereocenters. The summed E-state index contributed by atoms with van der Waals surface area (Å²) in [6, 6.07) is 11.7. The van der Waals surface area contributed by atoms with Crippen molar-refractivity contribution >= 4 is 50.7 Å². The van der Waals surface area contributed by atoms with E-state index < -0.39 is 16.1 Å². The van der Waals surface area contributed by atoms with Crippen LogP contribution in [0, 0.1) is 6.92 Å². The summed E-state index contributed by atoms with van der Waals surface area (Å²) in [5.74, 6) is -0.401. The van der Waals surface area contributed by atoms with E-state index in [1.165, 1.54) is 4.31 Å². The predicted molar refractivity (Wildman–Crippen MR) is 149 cm³/mol. The summed E-state index contributed by atoms with van der Waals surface area (Å²) in [5, 5.41) is 4.14. The third kappa shape index (κ3) is 8.09. The molecular formula is C27H35Cl2N3O4S. The van der Waals surface area contributed by atoms with Gasteiger partial charge >= 0.3 is 0 Å². The third-order valence-corrected chi connectivity index (χ3v) is 8.64. The van der Waals surface area contributed by atoms with Crippen LogP contribution >= 0.6 is 23.2 Å². The van der Waals surface area contributed by atoms with Gasteiger partial charge in [0.25, 0.3) is 0 Å². The van der Waals surface area contributed by atoms with Gasteiger partial charge < -0.3 is 10.2 Å². The van der Waals surface area contributed by atoms with Gasteiger partial charge in [0.15, 0.2) is 0 Å². The molecule has 0 aromatic heterocycles. The average Bonchev–Trinajstić information content (AvgIpc) is 3.35. The molecule has 0 bridgehead atoms. The van der Waals surface area contributed by atoms with Crippen LogP contribution < -0.4 is 9.62 Å². The van der Waals surface area contributed by atoms with Crippen molar-refractivity contribution < 1.29 is 18.0 Å². The molecule has 7 nitrogen and oxygen atoms in total. The molecule has 0 radical (unpaired) electrons. The minimum absolute atomic E-state index is 0.0836. The van der Waals surface area contributed by atoms with E-state index in [0.29, 0.717) is 21.3 Å². The number of benzene rings is 2. The number of nitrogens with one attached hydrogen (secondary N) is 1. The molecule has 0 spiro atoms. The number of nitrogens with zero attached hydrogens (tertiary/aromatic N) is 2. The van der Waals surface area contributed by atoms with Crippen LogP contribution in [0.2, 0.25) is 10.0 Å². The van der Waals surface area contributed by atoms with Crippen molar-refractivity contribution in [1.82, 2.24) is 10.2 Å². The van der Waals surface area contributed by atoms with Crippen LogP contribution in [0.1, 0.15) is 56.6 Å². The van der Waals surface area contributed by atoms with Crippen molar-refractivity contribution in [1.29, 1.82) is 0 Å². The molecule has 0 saturated heterocycles. The Labute approximate surface area is 230 Å². The zero-order chi connectivity index (χ0) is 27.2. The Morgan fingerprint density at radius 3 is 2.35 bits per heavy atom.